The highest BCUT2D eigenvalue weighted by atomic mass is 35.5. The summed E-state index contributed by atoms with van der Waals surface area (Å²) in [6.45, 7) is 7.31. The maximum Gasteiger partial charge on any atom is 0.261 e. The van der Waals surface area contributed by atoms with E-state index in [9.17, 15) is 4.79 Å². The monoisotopic (exact) mass is 224 g/mol. The molecule has 1 heterocycles. The van der Waals surface area contributed by atoms with Crippen LogP contribution in [0, 0.1) is 0 Å². The fraction of sp³-hybridized carbons (Fsp3) is 0.273. The van der Waals surface area contributed by atoms with Gasteiger partial charge in [0, 0.05) is 7.05 Å². The van der Waals surface area contributed by atoms with E-state index >= 15 is 0 Å². The number of nitrogens with zero attached hydrogens (tertiary/aromatic N) is 2. The SMILES string of the molecule is C=C(Cl)c1ncn(C)c(=O)c1/C(C)=C\C. The fourth-order valence-electron chi connectivity index (χ4n) is 1.24. The largest absolute Gasteiger partial charge is 0.302 e. The van der Waals surface area contributed by atoms with Crippen LogP contribution >= 0.6 is 11.6 Å². The Balaban J connectivity index is 3.64. The fourth-order valence-corrected chi connectivity index (χ4v) is 1.39. The highest BCUT2D eigenvalue weighted by Crippen LogP contribution is 2.21. The van der Waals surface area contributed by atoms with Gasteiger partial charge in [-0.25, -0.2) is 4.98 Å². The average Bonchev–Trinajstić information content (AvgIpc) is 2.20. The zero-order valence-electron chi connectivity index (χ0n) is 9.04. The molecule has 0 aromatic carbocycles. The van der Waals surface area contributed by atoms with Gasteiger partial charge in [-0.05, 0) is 19.4 Å². The lowest BCUT2D eigenvalue weighted by atomic mass is 10.1. The van der Waals surface area contributed by atoms with Gasteiger partial charge in [0.15, 0.2) is 0 Å². The number of hydrogen-bond donors (Lipinski definition) is 0. The second-order valence-electron chi connectivity index (χ2n) is 3.26. The first kappa shape index (κ1) is 11.7. The molecule has 1 aromatic heterocycles. The van der Waals surface area contributed by atoms with Gasteiger partial charge in [-0.2, -0.15) is 0 Å². The van der Waals surface area contributed by atoms with Gasteiger partial charge in [0.25, 0.3) is 5.56 Å². The van der Waals surface area contributed by atoms with Crippen LogP contribution in [0.25, 0.3) is 10.6 Å². The summed E-state index contributed by atoms with van der Waals surface area (Å²) < 4.78 is 1.42. The van der Waals surface area contributed by atoms with E-state index in [1.807, 2.05) is 19.9 Å². The summed E-state index contributed by atoms with van der Waals surface area (Å²) in [7, 11) is 1.66. The van der Waals surface area contributed by atoms with Crippen molar-refractivity contribution in [3.05, 3.63) is 40.6 Å². The lowest BCUT2D eigenvalue weighted by molar-refractivity contribution is 0.815. The lowest BCUT2D eigenvalue weighted by Crippen LogP contribution is -2.22. The quantitative estimate of drug-likeness (QED) is 0.773. The molecule has 0 fully saturated rings. The summed E-state index contributed by atoms with van der Waals surface area (Å²) in [5.74, 6) is 0. The molecule has 0 aliphatic heterocycles. The molecule has 15 heavy (non-hydrogen) atoms. The summed E-state index contributed by atoms with van der Waals surface area (Å²) in [5.41, 5.74) is 1.70. The van der Waals surface area contributed by atoms with Gasteiger partial charge < -0.3 is 4.57 Å². The summed E-state index contributed by atoms with van der Waals surface area (Å²) in [5, 5.41) is 0.281. The van der Waals surface area contributed by atoms with Crippen LogP contribution in [0.4, 0.5) is 0 Å². The first-order valence-electron chi connectivity index (χ1n) is 4.52. The van der Waals surface area contributed by atoms with Crippen molar-refractivity contribution in [1.29, 1.82) is 0 Å². The Morgan fingerprint density at radius 1 is 1.67 bits per heavy atom. The minimum Gasteiger partial charge on any atom is -0.302 e. The van der Waals surface area contributed by atoms with E-state index in [1.165, 1.54) is 10.9 Å². The zero-order chi connectivity index (χ0) is 11.6. The van der Waals surface area contributed by atoms with E-state index in [2.05, 4.69) is 11.6 Å². The van der Waals surface area contributed by atoms with Crippen molar-refractivity contribution in [3.63, 3.8) is 0 Å². The van der Waals surface area contributed by atoms with Crippen molar-refractivity contribution in [2.45, 2.75) is 13.8 Å². The number of allylic oxidation sites excluding steroid dienone is 2. The molecule has 0 aliphatic carbocycles. The number of hydrogen-bond acceptors (Lipinski definition) is 2. The molecular formula is C11H13ClN2O. The Bertz CT molecular complexity index is 486. The van der Waals surface area contributed by atoms with Crippen molar-refractivity contribution in [2.24, 2.45) is 7.05 Å². The maximum atomic E-state index is 11.9. The van der Waals surface area contributed by atoms with E-state index in [-0.39, 0.29) is 10.6 Å². The van der Waals surface area contributed by atoms with Crippen molar-refractivity contribution in [1.82, 2.24) is 9.55 Å². The van der Waals surface area contributed by atoms with Crippen molar-refractivity contribution in [3.8, 4) is 0 Å². The average molecular weight is 225 g/mol. The number of aryl methyl sites for hydroxylation is 1. The third-order valence-corrected chi connectivity index (χ3v) is 2.39. The molecule has 80 valence electrons. The number of rotatable bonds is 2. The van der Waals surface area contributed by atoms with Crippen LogP contribution in [-0.4, -0.2) is 9.55 Å². The molecule has 0 N–H and O–H groups in total. The second-order valence-corrected chi connectivity index (χ2v) is 3.72. The molecule has 0 saturated heterocycles. The Morgan fingerprint density at radius 2 is 2.27 bits per heavy atom. The van der Waals surface area contributed by atoms with Crippen LogP contribution < -0.4 is 5.56 Å². The summed E-state index contributed by atoms with van der Waals surface area (Å²) in [4.78, 5) is 16.0. The number of halogens is 1. The van der Waals surface area contributed by atoms with E-state index in [4.69, 9.17) is 11.6 Å². The number of aromatic nitrogens is 2. The molecule has 1 rings (SSSR count). The Kier molecular flexibility index (Phi) is 3.48. The smallest absolute Gasteiger partial charge is 0.261 e. The standard InChI is InChI=1S/C11H13ClN2O/c1-5-7(2)9-10(8(3)12)13-6-14(4)11(9)15/h5-6H,3H2,1-2,4H3/b7-5-. The molecule has 0 unspecified atom stereocenters. The molecule has 3 nitrogen and oxygen atoms in total. The van der Waals surface area contributed by atoms with Crippen molar-refractivity contribution < 1.29 is 0 Å². The van der Waals surface area contributed by atoms with E-state index in [1.54, 1.807) is 7.05 Å². The van der Waals surface area contributed by atoms with E-state index in [0.29, 0.717) is 11.3 Å². The summed E-state index contributed by atoms with van der Waals surface area (Å²) in [6, 6.07) is 0. The Morgan fingerprint density at radius 3 is 2.73 bits per heavy atom. The minimum absolute atomic E-state index is 0.114. The minimum atomic E-state index is -0.114. The van der Waals surface area contributed by atoms with Crippen LogP contribution in [0.3, 0.4) is 0 Å². The lowest BCUT2D eigenvalue weighted by Gasteiger charge is -2.08. The highest BCUT2D eigenvalue weighted by Gasteiger charge is 2.12. The second kappa shape index (κ2) is 4.45. The molecule has 0 saturated carbocycles. The van der Waals surface area contributed by atoms with Crippen LogP contribution in [0.1, 0.15) is 25.1 Å². The van der Waals surface area contributed by atoms with Crippen LogP contribution in [-0.2, 0) is 7.05 Å². The van der Waals surface area contributed by atoms with E-state index in [0.717, 1.165) is 5.57 Å². The van der Waals surface area contributed by atoms with E-state index < -0.39 is 0 Å². The van der Waals surface area contributed by atoms with Crippen LogP contribution in [0.15, 0.2) is 23.8 Å². The normalized spacial score (nSPS) is 11.6. The third-order valence-electron chi connectivity index (χ3n) is 2.22. The van der Waals surface area contributed by atoms with Gasteiger partial charge in [0.2, 0.25) is 0 Å². The summed E-state index contributed by atoms with van der Waals surface area (Å²) >= 11 is 5.80. The zero-order valence-corrected chi connectivity index (χ0v) is 9.80. The molecular weight excluding hydrogens is 212 g/mol. The van der Waals surface area contributed by atoms with Gasteiger partial charge in [0.05, 0.1) is 22.6 Å². The molecule has 0 radical (unpaired) electrons. The van der Waals surface area contributed by atoms with Crippen molar-refractivity contribution >= 4 is 22.2 Å². The van der Waals surface area contributed by atoms with Crippen LogP contribution in [0.5, 0.6) is 0 Å². The van der Waals surface area contributed by atoms with Gasteiger partial charge in [-0.15, -0.1) is 0 Å². The molecule has 0 aliphatic rings. The predicted octanol–water partition coefficient (Wildman–Crippen LogP) is 2.41. The molecule has 0 spiro atoms. The van der Waals surface area contributed by atoms with Gasteiger partial charge >= 0.3 is 0 Å². The maximum absolute atomic E-state index is 11.9. The summed E-state index contributed by atoms with van der Waals surface area (Å²) in [6.07, 6.45) is 3.29. The highest BCUT2D eigenvalue weighted by molar-refractivity contribution is 6.48. The third kappa shape index (κ3) is 2.18. The van der Waals surface area contributed by atoms with Gasteiger partial charge in [-0.3, -0.25) is 4.79 Å². The topological polar surface area (TPSA) is 34.9 Å². The Hall–Kier alpha value is -1.35. The van der Waals surface area contributed by atoms with Crippen molar-refractivity contribution in [2.75, 3.05) is 0 Å². The molecule has 0 bridgehead atoms. The predicted molar refractivity (Wildman–Crippen MR) is 63.7 cm³/mol. The molecule has 0 atom stereocenters. The Labute approximate surface area is 93.7 Å². The first-order valence-corrected chi connectivity index (χ1v) is 4.90. The molecule has 4 heteroatoms. The van der Waals surface area contributed by atoms with Gasteiger partial charge in [0.1, 0.15) is 0 Å². The first-order chi connectivity index (χ1) is 6.99. The molecule has 0 amide bonds. The molecule has 1 aromatic rings. The van der Waals surface area contributed by atoms with Gasteiger partial charge in [-0.1, -0.05) is 24.3 Å². The van der Waals surface area contributed by atoms with Crippen LogP contribution in [0.2, 0.25) is 0 Å².